The lowest BCUT2D eigenvalue weighted by Gasteiger charge is -2.24. The predicted octanol–water partition coefficient (Wildman–Crippen LogP) is -3.18. The summed E-state index contributed by atoms with van der Waals surface area (Å²) in [4.78, 5) is 26.0. The van der Waals surface area contributed by atoms with Crippen LogP contribution in [0.1, 0.15) is 43.0 Å². The normalized spacial score (nSPS) is 15.6. The molecule has 8 nitrogen and oxygen atoms in total. The lowest BCUT2D eigenvalue weighted by Crippen LogP contribution is -2.25. The van der Waals surface area contributed by atoms with Crippen molar-refractivity contribution in [3.8, 4) is 0 Å². The third-order valence-electron chi connectivity index (χ3n) is 5.15. The van der Waals surface area contributed by atoms with E-state index in [-0.39, 0.29) is 23.8 Å². The monoisotopic (exact) mass is 434 g/mol. The molecular weight excluding hydrogens is 407 g/mol. The first kappa shape index (κ1) is 24.6. The van der Waals surface area contributed by atoms with Gasteiger partial charge in [-0.1, -0.05) is 25.3 Å². The van der Waals surface area contributed by atoms with E-state index in [1.807, 2.05) is 31.4 Å². The van der Waals surface area contributed by atoms with Gasteiger partial charge in [0, 0.05) is 0 Å². The molecule has 0 amide bonds. The summed E-state index contributed by atoms with van der Waals surface area (Å²) in [5, 5.41) is 0. The SMILES string of the molecule is BCc1c(CB)c(CB)c(C(=O)OCC2CO2)c(C(=O)OCCS(=O)(=O)O)c1CB. The highest BCUT2D eigenvalue weighted by atomic mass is 32.2. The van der Waals surface area contributed by atoms with E-state index in [1.54, 1.807) is 0 Å². The maximum Gasteiger partial charge on any atom is 0.339 e. The number of carbonyl (C=O) groups is 2. The van der Waals surface area contributed by atoms with Crippen molar-refractivity contribution >= 4 is 53.4 Å². The molecule has 0 aromatic heterocycles. The molecule has 0 spiro atoms. The fraction of sp³-hybridized carbons (Fsp3) is 0.529. The highest BCUT2D eigenvalue weighted by Crippen LogP contribution is 2.31. The molecule has 160 valence electrons. The van der Waals surface area contributed by atoms with Crippen molar-refractivity contribution in [1.29, 1.82) is 0 Å². The van der Waals surface area contributed by atoms with E-state index in [0.717, 1.165) is 16.7 Å². The Balaban J connectivity index is 2.58. The molecule has 1 saturated heterocycles. The molecule has 1 fully saturated rings. The minimum atomic E-state index is -4.27. The fourth-order valence-corrected chi connectivity index (χ4v) is 4.06. The van der Waals surface area contributed by atoms with Crippen LogP contribution in [-0.4, -0.2) is 88.0 Å². The summed E-state index contributed by atoms with van der Waals surface area (Å²) in [6.07, 6.45) is 2.28. The van der Waals surface area contributed by atoms with Crippen LogP contribution in [0.2, 0.25) is 0 Å². The van der Waals surface area contributed by atoms with Gasteiger partial charge in [-0.3, -0.25) is 4.55 Å². The van der Waals surface area contributed by atoms with Crippen molar-refractivity contribution in [1.82, 2.24) is 0 Å². The summed E-state index contributed by atoms with van der Waals surface area (Å²) in [6.45, 7) is 0.134. The van der Waals surface area contributed by atoms with Crippen molar-refractivity contribution in [3.05, 3.63) is 33.4 Å². The van der Waals surface area contributed by atoms with Gasteiger partial charge in [-0.15, -0.1) is 0 Å². The highest BCUT2D eigenvalue weighted by Gasteiger charge is 2.32. The Morgan fingerprint density at radius 1 is 0.900 bits per heavy atom. The van der Waals surface area contributed by atoms with Crippen LogP contribution < -0.4 is 0 Å². The first-order chi connectivity index (χ1) is 14.2. The molecule has 13 heteroatoms. The number of esters is 2. The number of carbonyl (C=O) groups excluding carboxylic acids is 2. The zero-order valence-corrected chi connectivity index (χ0v) is 18.8. The van der Waals surface area contributed by atoms with E-state index >= 15 is 0 Å². The van der Waals surface area contributed by atoms with Crippen LogP contribution in [0.15, 0.2) is 0 Å². The molecular formula is C17H26B4O8S. The molecule has 0 saturated carbocycles. The van der Waals surface area contributed by atoms with Crippen molar-refractivity contribution in [2.24, 2.45) is 0 Å². The number of hydrogen-bond acceptors (Lipinski definition) is 7. The maximum atomic E-state index is 13.0. The minimum absolute atomic E-state index is 0.109. The van der Waals surface area contributed by atoms with Gasteiger partial charge in [0.25, 0.3) is 10.1 Å². The Morgan fingerprint density at radius 3 is 1.70 bits per heavy atom. The molecule has 1 atom stereocenters. The quantitative estimate of drug-likeness (QED) is 0.168. The van der Waals surface area contributed by atoms with Crippen LogP contribution in [0.4, 0.5) is 0 Å². The second kappa shape index (κ2) is 10.5. The number of rotatable bonds is 11. The van der Waals surface area contributed by atoms with Crippen molar-refractivity contribution in [2.75, 3.05) is 25.6 Å². The minimum Gasteiger partial charge on any atom is -0.461 e. The van der Waals surface area contributed by atoms with Gasteiger partial charge in [-0.25, -0.2) is 9.59 Å². The fourth-order valence-electron chi connectivity index (χ4n) is 3.77. The summed E-state index contributed by atoms with van der Waals surface area (Å²) in [7, 11) is 3.52. The largest absolute Gasteiger partial charge is 0.461 e. The first-order valence-electron chi connectivity index (χ1n) is 10.3. The van der Waals surface area contributed by atoms with Gasteiger partial charge >= 0.3 is 11.9 Å². The Bertz CT molecular complexity index is 915. The summed E-state index contributed by atoms with van der Waals surface area (Å²) in [5.74, 6) is -2.12. The van der Waals surface area contributed by atoms with E-state index in [1.165, 1.54) is 0 Å². The van der Waals surface area contributed by atoms with E-state index in [4.69, 9.17) is 18.8 Å². The van der Waals surface area contributed by atoms with Gasteiger partial charge in [-0.05, 0) is 22.3 Å². The van der Waals surface area contributed by atoms with E-state index in [2.05, 4.69) is 0 Å². The molecule has 1 aliphatic heterocycles. The standard InChI is InChI=1S/C17H26B4O8S/c18-3-10-11(4-19)13(6-21)15(17(23)29-8-9-7-28-9)14(12(10)5-20)16(22)27-1-2-30(24,25)26/h9H,1-8,18-21H2,(H,24,25,26). The summed E-state index contributed by atoms with van der Waals surface area (Å²) < 4.78 is 46.5. The molecule has 0 radical (unpaired) electrons. The van der Waals surface area contributed by atoms with Gasteiger partial charge in [0.1, 0.15) is 56.5 Å². The lowest BCUT2D eigenvalue weighted by atomic mass is 9.72. The van der Waals surface area contributed by atoms with Crippen LogP contribution in [-0.2, 0) is 49.6 Å². The maximum absolute atomic E-state index is 13.0. The molecule has 1 aliphatic rings. The average molecular weight is 434 g/mol. The third kappa shape index (κ3) is 5.92. The Kier molecular flexibility index (Phi) is 8.63. The van der Waals surface area contributed by atoms with Crippen molar-refractivity contribution < 1.29 is 36.8 Å². The van der Waals surface area contributed by atoms with Crippen molar-refractivity contribution in [3.63, 3.8) is 0 Å². The molecule has 1 aromatic carbocycles. The van der Waals surface area contributed by atoms with Crippen LogP contribution in [0.3, 0.4) is 0 Å². The zero-order chi connectivity index (χ0) is 22.5. The Hall–Kier alpha value is -1.71. The smallest absolute Gasteiger partial charge is 0.339 e. The third-order valence-corrected chi connectivity index (χ3v) is 5.83. The molecule has 0 bridgehead atoms. The number of ether oxygens (including phenoxy) is 3. The lowest BCUT2D eigenvalue weighted by molar-refractivity contribution is 0.0447. The molecule has 2 rings (SSSR count). The highest BCUT2D eigenvalue weighted by molar-refractivity contribution is 7.85. The van der Waals surface area contributed by atoms with Crippen LogP contribution in [0, 0.1) is 0 Å². The van der Waals surface area contributed by atoms with Gasteiger partial charge in [0.2, 0.25) is 0 Å². The number of benzene rings is 1. The summed E-state index contributed by atoms with van der Waals surface area (Å²) in [6, 6.07) is 0. The molecule has 1 unspecified atom stereocenters. The van der Waals surface area contributed by atoms with Gasteiger partial charge in [-0.2, -0.15) is 8.42 Å². The molecule has 1 heterocycles. The topological polar surface area (TPSA) is 119 Å². The van der Waals surface area contributed by atoms with Crippen LogP contribution in [0.5, 0.6) is 0 Å². The number of hydrogen-bond donors (Lipinski definition) is 1. The molecule has 1 N–H and O–H groups in total. The molecule has 30 heavy (non-hydrogen) atoms. The first-order valence-corrected chi connectivity index (χ1v) is 11.9. The van der Waals surface area contributed by atoms with Gasteiger partial charge in [0.05, 0.1) is 17.7 Å². The van der Waals surface area contributed by atoms with Crippen molar-refractivity contribution in [2.45, 2.75) is 31.4 Å². The van der Waals surface area contributed by atoms with Gasteiger partial charge in [0.15, 0.2) is 0 Å². The molecule has 1 aromatic rings. The predicted molar refractivity (Wildman–Crippen MR) is 122 cm³/mol. The summed E-state index contributed by atoms with van der Waals surface area (Å²) in [5.41, 5.74) is 3.79. The van der Waals surface area contributed by atoms with Crippen LogP contribution >= 0.6 is 0 Å². The van der Waals surface area contributed by atoms with Gasteiger partial charge < -0.3 is 14.2 Å². The Labute approximate surface area is 180 Å². The Morgan fingerprint density at radius 2 is 1.33 bits per heavy atom. The van der Waals surface area contributed by atoms with E-state index in [9.17, 15) is 18.0 Å². The zero-order valence-electron chi connectivity index (χ0n) is 17.9. The van der Waals surface area contributed by atoms with E-state index < -0.39 is 34.4 Å². The summed E-state index contributed by atoms with van der Waals surface area (Å²) >= 11 is 0. The van der Waals surface area contributed by atoms with Crippen LogP contribution in [0.25, 0.3) is 0 Å². The average Bonchev–Trinajstić information content (AvgIpc) is 3.52. The number of epoxide rings is 1. The second-order valence-electron chi connectivity index (χ2n) is 7.05. The van der Waals surface area contributed by atoms with E-state index in [0.29, 0.717) is 37.5 Å². The molecule has 0 aliphatic carbocycles. The second-order valence-corrected chi connectivity index (χ2v) is 8.63.